The number of hydrogen-bond donors (Lipinski definition) is 1. The van der Waals surface area contributed by atoms with Gasteiger partial charge in [-0.1, -0.05) is 22.9 Å². The molecule has 7 heteroatoms. The topological polar surface area (TPSA) is 69.1 Å². The molecule has 0 aliphatic heterocycles. The monoisotopic (exact) mass is 265 g/mol. The summed E-state index contributed by atoms with van der Waals surface area (Å²) in [5, 5.41) is 13.8. The van der Waals surface area contributed by atoms with E-state index in [4.69, 9.17) is 17.3 Å². The molecule has 17 heavy (non-hydrogen) atoms. The number of nitrogens with two attached hydrogens (primary N) is 1. The fourth-order valence-electron chi connectivity index (χ4n) is 1.54. The molecule has 2 heterocycles. The number of rotatable bonds is 1. The molecule has 0 aliphatic carbocycles. The molecule has 0 unspecified atom stereocenters. The van der Waals surface area contributed by atoms with Gasteiger partial charge in [0, 0.05) is 16.3 Å². The molecule has 86 valence electrons. The molecule has 2 aromatic heterocycles. The molecule has 3 aromatic rings. The minimum Gasteiger partial charge on any atom is -0.398 e. The smallest absolute Gasteiger partial charge is 0.234 e. The lowest BCUT2D eigenvalue weighted by molar-refractivity contribution is 0.898. The maximum absolute atomic E-state index is 5.96. The Morgan fingerprint density at radius 2 is 2.18 bits per heavy atom. The zero-order chi connectivity index (χ0) is 12.0. The summed E-state index contributed by atoms with van der Waals surface area (Å²) in [5.41, 5.74) is 7.39. The van der Waals surface area contributed by atoms with Gasteiger partial charge < -0.3 is 5.73 Å². The molecule has 0 saturated heterocycles. The quantitative estimate of drug-likeness (QED) is 0.686. The maximum Gasteiger partial charge on any atom is 0.234 e. The van der Waals surface area contributed by atoms with Crippen molar-refractivity contribution in [2.45, 2.75) is 6.92 Å². The van der Waals surface area contributed by atoms with Crippen molar-refractivity contribution in [3.63, 3.8) is 0 Å². The number of aryl methyl sites for hydroxylation is 1. The van der Waals surface area contributed by atoms with E-state index < -0.39 is 0 Å². The molecule has 0 radical (unpaired) electrons. The van der Waals surface area contributed by atoms with Crippen LogP contribution in [0.25, 0.3) is 15.5 Å². The maximum atomic E-state index is 5.96. The van der Waals surface area contributed by atoms with Gasteiger partial charge in [-0.15, -0.1) is 10.2 Å². The van der Waals surface area contributed by atoms with E-state index in [2.05, 4.69) is 15.3 Å². The molecule has 0 atom stereocenters. The van der Waals surface area contributed by atoms with Crippen molar-refractivity contribution in [1.82, 2.24) is 19.8 Å². The molecule has 0 spiro atoms. The van der Waals surface area contributed by atoms with E-state index >= 15 is 0 Å². The lowest BCUT2D eigenvalue weighted by Crippen LogP contribution is -1.92. The molecule has 1 aromatic carbocycles. The Morgan fingerprint density at radius 3 is 2.94 bits per heavy atom. The second kappa shape index (κ2) is 3.68. The Morgan fingerprint density at radius 1 is 1.35 bits per heavy atom. The molecule has 5 nitrogen and oxygen atoms in total. The van der Waals surface area contributed by atoms with Crippen LogP contribution in [-0.2, 0) is 0 Å². The van der Waals surface area contributed by atoms with Crippen molar-refractivity contribution in [3.05, 3.63) is 29.0 Å². The van der Waals surface area contributed by atoms with Crippen LogP contribution in [-0.4, -0.2) is 19.8 Å². The standard InChI is InChI=1S/C10H8ClN5S/c1-5-13-14-10-16(5)15-9(17-10)7-4-6(11)2-3-8(7)12/h2-4H,12H2,1H3. The molecule has 0 bridgehead atoms. The van der Waals surface area contributed by atoms with Crippen LogP contribution in [0.1, 0.15) is 5.82 Å². The Balaban J connectivity index is 2.23. The van der Waals surface area contributed by atoms with Crippen molar-refractivity contribution in [2.24, 2.45) is 0 Å². The molecule has 0 saturated carbocycles. The third kappa shape index (κ3) is 1.65. The van der Waals surface area contributed by atoms with Gasteiger partial charge in [-0.25, -0.2) is 0 Å². The fraction of sp³-hybridized carbons (Fsp3) is 0.100. The number of halogens is 1. The SMILES string of the molecule is Cc1nnc2sc(-c3cc(Cl)ccc3N)nn12. The highest BCUT2D eigenvalue weighted by molar-refractivity contribution is 7.19. The fourth-order valence-corrected chi connectivity index (χ4v) is 2.63. The van der Waals surface area contributed by atoms with Crippen LogP contribution < -0.4 is 5.73 Å². The van der Waals surface area contributed by atoms with Crippen molar-refractivity contribution in [1.29, 1.82) is 0 Å². The van der Waals surface area contributed by atoms with E-state index in [1.54, 1.807) is 22.7 Å². The van der Waals surface area contributed by atoms with Gasteiger partial charge in [0.1, 0.15) is 5.01 Å². The van der Waals surface area contributed by atoms with Crippen molar-refractivity contribution in [2.75, 3.05) is 5.73 Å². The summed E-state index contributed by atoms with van der Waals surface area (Å²) in [6.07, 6.45) is 0. The third-order valence-corrected chi connectivity index (χ3v) is 3.56. The summed E-state index contributed by atoms with van der Waals surface area (Å²) in [5.74, 6) is 0.753. The zero-order valence-electron chi connectivity index (χ0n) is 8.88. The molecule has 0 fully saturated rings. The molecule has 0 amide bonds. The van der Waals surface area contributed by atoms with E-state index in [-0.39, 0.29) is 0 Å². The van der Waals surface area contributed by atoms with Gasteiger partial charge in [0.25, 0.3) is 0 Å². The molecular weight excluding hydrogens is 258 g/mol. The first kappa shape index (κ1) is 10.5. The Labute approximate surface area is 106 Å². The van der Waals surface area contributed by atoms with Gasteiger partial charge >= 0.3 is 0 Å². The average molecular weight is 266 g/mol. The summed E-state index contributed by atoms with van der Waals surface area (Å²) in [7, 11) is 0. The highest BCUT2D eigenvalue weighted by Gasteiger charge is 2.12. The second-order valence-electron chi connectivity index (χ2n) is 3.58. The van der Waals surface area contributed by atoms with Crippen LogP contribution >= 0.6 is 22.9 Å². The number of nitrogen functional groups attached to an aromatic ring is 1. The first-order valence-electron chi connectivity index (χ1n) is 4.89. The Kier molecular flexibility index (Phi) is 2.27. The summed E-state index contributed by atoms with van der Waals surface area (Å²) >= 11 is 7.39. The van der Waals surface area contributed by atoms with Crippen LogP contribution in [0.2, 0.25) is 5.02 Å². The lowest BCUT2D eigenvalue weighted by Gasteiger charge is -2.01. The second-order valence-corrected chi connectivity index (χ2v) is 4.97. The van der Waals surface area contributed by atoms with E-state index in [0.717, 1.165) is 21.4 Å². The Hall–Kier alpha value is -1.66. The predicted molar refractivity (Wildman–Crippen MR) is 68.3 cm³/mol. The Bertz CT molecular complexity index is 702. The summed E-state index contributed by atoms with van der Waals surface area (Å²) in [6, 6.07) is 5.33. The zero-order valence-corrected chi connectivity index (χ0v) is 10.5. The van der Waals surface area contributed by atoms with Crippen LogP contribution in [0.3, 0.4) is 0 Å². The van der Waals surface area contributed by atoms with Crippen LogP contribution in [0, 0.1) is 6.92 Å². The first-order valence-corrected chi connectivity index (χ1v) is 6.09. The van der Waals surface area contributed by atoms with Gasteiger partial charge in [-0.2, -0.15) is 9.61 Å². The van der Waals surface area contributed by atoms with Gasteiger partial charge in [-0.3, -0.25) is 0 Å². The van der Waals surface area contributed by atoms with E-state index in [1.807, 2.05) is 6.92 Å². The number of benzene rings is 1. The number of aromatic nitrogens is 4. The largest absolute Gasteiger partial charge is 0.398 e. The average Bonchev–Trinajstić information content (AvgIpc) is 2.85. The highest BCUT2D eigenvalue weighted by atomic mass is 35.5. The molecule has 0 aliphatic rings. The van der Waals surface area contributed by atoms with Crippen LogP contribution in [0.4, 0.5) is 5.69 Å². The van der Waals surface area contributed by atoms with Crippen LogP contribution in [0.5, 0.6) is 0 Å². The minimum atomic E-state index is 0.636. The van der Waals surface area contributed by atoms with Gasteiger partial charge in [-0.05, 0) is 25.1 Å². The van der Waals surface area contributed by atoms with Crippen molar-refractivity contribution >= 4 is 33.6 Å². The number of hydrogen-bond acceptors (Lipinski definition) is 5. The normalized spacial score (nSPS) is 11.2. The minimum absolute atomic E-state index is 0.636. The summed E-state index contributed by atoms with van der Waals surface area (Å²) < 4.78 is 1.69. The van der Waals surface area contributed by atoms with Crippen molar-refractivity contribution in [3.8, 4) is 10.6 Å². The highest BCUT2D eigenvalue weighted by Crippen LogP contribution is 2.31. The third-order valence-electron chi connectivity index (χ3n) is 2.39. The number of nitrogens with zero attached hydrogens (tertiary/aromatic N) is 4. The van der Waals surface area contributed by atoms with Crippen molar-refractivity contribution < 1.29 is 0 Å². The summed E-state index contributed by atoms with van der Waals surface area (Å²) in [6.45, 7) is 1.85. The molecule has 3 rings (SSSR count). The molecular formula is C10H8ClN5S. The van der Waals surface area contributed by atoms with Gasteiger partial charge in [0.2, 0.25) is 4.96 Å². The first-order chi connectivity index (χ1) is 8.15. The van der Waals surface area contributed by atoms with Crippen LogP contribution in [0.15, 0.2) is 18.2 Å². The predicted octanol–water partition coefficient (Wildman–Crippen LogP) is 2.40. The van der Waals surface area contributed by atoms with E-state index in [9.17, 15) is 0 Å². The van der Waals surface area contributed by atoms with E-state index in [0.29, 0.717) is 10.7 Å². The lowest BCUT2D eigenvalue weighted by atomic mass is 10.2. The number of fused-ring (bicyclic) bond motifs is 1. The van der Waals surface area contributed by atoms with Gasteiger partial charge in [0.05, 0.1) is 0 Å². The number of anilines is 1. The molecule has 2 N–H and O–H groups in total. The van der Waals surface area contributed by atoms with Gasteiger partial charge in [0.15, 0.2) is 5.82 Å². The summed E-state index contributed by atoms with van der Waals surface area (Å²) in [4.78, 5) is 0.747. The van der Waals surface area contributed by atoms with E-state index in [1.165, 1.54) is 11.3 Å².